The number of furan rings is 1. The van der Waals surface area contributed by atoms with Gasteiger partial charge >= 0.3 is 0 Å². The van der Waals surface area contributed by atoms with E-state index in [1.807, 2.05) is 30.6 Å². The molecule has 0 aliphatic heterocycles. The number of fused-ring (bicyclic) bond motifs is 1. The van der Waals surface area contributed by atoms with Crippen molar-refractivity contribution in [3.8, 4) is 0 Å². The molecule has 4 nitrogen and oxygen atoms in total. The number of imidazole rings is 1. The number of para-hydroxylation sites is 1. The summed E-state index contributed by atoms with van der Waals surface area (Å²) in [5.74, 6) is 1.94. The van der Waals surface area contributed by atoms with E-state index in [0.717, 1.165) is 41.1 Å². The molecule has 2 N–H and O–H groups in total. The lowest BCUT2D eigenvalue weighted by Crippen LogP contribution is -2.06. The third kappa shape index (κ3) is 2.04. The van der Waals surface area contributed by atoms with Crippen molar-refractivity contribution in [2.75, 3.05) is 0 Å². The summed E-state index contributed by atoms with van der Waals surface area (Å²) in [4.78, 5) is 4.35. The van der Waals surface area contributed by atoms with Crippen LogP contribution in [-0.4, -0.2) is 9.55 Å². The number of aromatic nitrogens is 2. The Bertz CT molecular complexity index is 696. The maximum absolute atomic E-state index is 5.81. The summed E-state index contributed by atoms with van der Waals surface area (Å²) in [6.45, 7) is 3.28. The van der Waals surface area contributed by atoms with Crippen LogP contribution in [0.15, 0.2) is 41.1 Å². The molecule has 0 aliphatic rings. The predicted molar refractivity (Wildman–Crippen MR) is 74.8 cm³/mol. The van der Waals surface area contributed by atoms with E-state index in [2.05, 4.69) is 22.5 Å². The highest BCUT2D eigenvalue weighted by Gasteiger charge is 2.14. The normalized spacial score (nSPS) is 11.3. The lowest BCUT2D eigenvalue weighted by Gasteiger charge is -2.06. The highest BCUT2D eigenvalue weighted by atomic mass is 16.3. The highest BCUT2D eigenvalue weighted by molar-refractivity contribution is 5.82. The summed E-state index contributed by atoms with van der Waals surface area (Å²) >= 11 is 0. The molecule has 0 atom stereocenters. The molecule has 0 spiro atoms. The second kappa shape index (κ2) is 4.90. The number of nitrogens with two attached hydrogens (primary N) is 1. The van der Waals surface area contributed by atoms with E-state index in [1.54, 1.807) is 0 Å². The van der Waals surface area contributed by atoms with E-state index in [9.17, 15) is 0 Å². The summed E-state index contributed by atoms with van der Waals surface area (Å²) in [5.41, 5.74) is 7.85. The molecule has 0 amide bonds. The smallest absolute Gasteiger partial charge is 0.134 e. The van der Waals surface area contributed by atoms with Crippen molar-refractivity contribution in [3.05, 3.63) is 53.8 Å². The van der Waals surface area contributed by atoms with Gasteiger partial charge < -0.3 is 14.7 Å². The van der Waals surface area contributed by atoms with E-state index in [1.165, 1.54) is 0 Å². The number of aryl methyl sites for hydroxylation is 1. The fraction of sp³-hybridized carbons (Fsp3) is 0.267. The Morgan fingerprint density at radius 1 is 1.32 bits per heavy atom. The van der Waals surface area contributed by atoms with Crippen LogP contribution in [0.25, 0.3) is 11.0 Å². The minimum atomic E-state index is 0.417. The number of hydrogen-bond acceptors (Lipinski definition) is 3. The van der Waals surface area contributed by atoms with Gasteiger partial charge in [0, 0.05) is 29.8 Å². The van der Waals surface area contributed by atoms with Crippen molar-refractivity contribution in [2.24, 2.45) is 5.73 Å². The molecule has 3 aromatic rings. The van der Waals surface area contributed by atoms with Gasteiger partial charge in [0.1, 0.15) is 17.2 Å². The monoisotopic (exact) mass is 255 g/mol. The van der Waals surface area contributed by atoms with E-state index in [0.29, 0.717) is 6.54 Å². The van der Waals surface area contributed by atoms with Crippen LogP contribution in [0.2, 0.25) is 0 Å². The van der Waals surface area contributed by atoms with Crippen molar-refractivity contribution in [2.45, 2.75) is 26.4 Å². The predicted octanol–water partition coefficient (Wildman–Crippen LogP) is 2.70. The first kappa shape index (κ1) is 12.0. The van der Waals surface area contributed by atoms with Gasteiger partial charge in [0.05, 0.1) is 13.1 Å². The van der Waals surface area contributed by atoms with Crippen molar-refractivity contribution in [1.29, 1.82) is 0 Å². The van der Waals surface area contributed by atoms with Gasteiger partial charge in [-0.3, -0.25) is 0 Å². The van der Waals surface area contributed by atoms with Crippen molar-refractivity contribution < 1.29 is 4.42 Å². The Morgan fingerprint density at radius 3 is 2.95 bits per heavy atom. The number of nitrogens with zero attached hydrogens (tertiary/aromatic N) is 2. The lowest BCUT2D eigenvalue weighted by atomic mass is 10.1. The average molecular weight is 255 g/mol. The molecule has 2 aromatic heterocycles. The van der Waals surface area contributed by atoms with E-state index in [-0.39, 0.29) is 0 Å². The van der Waals surface area contributed by atoms with Crippen LogP contribution in [0.5, 0.6) is 0 Å². The minimum Gasteiger partial charge on any atom is -0.459 e. The van der Waals surface area contributed by atoms with Crippen LogP contribution >= 0.6 is 0 Å². The molecule has 0 fully saturated rings. The Morgan fingerprint density at radius 2 is 2.16 bits per heavy atom. The Labute approximate surface area is 111 Å². The maximum atomic E-state index is 5.81. The Balaban J connectivity index is 2.09. The first-order chi connectivity index (χ1) is 9.33. The average Bonchev–Trinajstić information content (AvgIpc) is 3.04. The van der Waals surface area contributed by atoms with Crippen LogP contribution in [0, 0.1) is 0 Å². The zero-order valence-electron chi connectivity index (χ0n) is 11.0. The fourth-order valence-electron chi connectivity index (χ4n) is 2.46. The molecule has 0 saturated heterocycles. The van der Waals surface area contributed by atoms with Crippen molar-refractivity contribution in [3.63, 3.8) is 0 Å². The summed E-state index contributed by atoms with van der Waals surface area (Å²) in [6.07, 6.45) is 4.75. The number of benzene rings is 1. The second-order valence-corrected chi connectivity index (χ2v) is 4.53. The summed E-state index contributed by atoms with van der Waals surface area (Å²) < 4.78 is 7.96. The molecule has 3 rings (SSSR count). The third-order valence-corrected chi connectivity index (χ3v) is 3.41. The zero-order chi connectivity index (χ0) is 13.2. The van der Waals surface area contributed by atoms with Gasteiger partial charge in [-0.1, -0.05) is 25.1 Å². The molecule has 4 heteroatoms. The van der Waals surface area contributed by atoms with Gasteiger partial charge in [-0.25, -0.2) is 4.98 Å². The van der Waals surface area contributed by atoms with Crippen LogP contribution in [0.1, 0.15) is 24.1 Å². The van der Waals surface area contributed by atoms with Crippen molar-refractivity contribution in [1.82, 2.24) is 9.55 Å². The highest BCUT2D eigenvalue weighted by Crippen LogP contribution is 2.26. The van der Waals surface area contributed by atoms with Gasteiger partial charge in [0.25, 0.3) is 0 Å². The van der Waals surface area contributed by atoms with Crippen LogP contribution < -0.4 is 5.73 Å². The summed E-state index contributed by atoms with van der Waals surface area (Å²) in [6, 6.07) is 8.06. The SMILES string of the molecule is CCc1nccn1Cc1c(CN)oc2ccccc12. The van der Waals surface area contributed by atoms with Gasteiger partial charge in [0.15, 0.2) is 0 Å². The fourth-order valence-corrected chi connectivity index (χ4v) is 2.46. The molecular formula is C15H17N3O. The molecule has 1 aromatic carbocycles. The lowest BCUT2D eigenvalue weighted by molar-refractivity contribution is 0.541. The molecular weight excluding hydrogens is 238 g/mol. The van der Waals surface area contributed by atoms with Gasteiger partial charge in [-0.2, -0.15) is 0 Å². The summed E-state index contributed by atoms with van der Waals surface area (Å²) in [7, 11) is 0. The van der Waals surface area contributed by atoms with Crippen LogP contribution in [0.3, 0.4) is 0 Å². The largest absolute Gasteiger partial charge is 0.459 e. The molecule has 98 valence electrons. The van der Waals surface area contributed by atoms with Crippen LogP contribution in [0.4, 0.5) is 0 Å². The Hall–Kier alpha value is -2.07. The number of rotatable bonds is 4. The quantitative estimate of drug-likeness (QED) is 0.779. The third-order valence-electron chi connectivity index (χ3n) is 3.41. The van der Waals surface area contributed by atoms with Gasteiger partial charge in [-0.05, 0) is 6.07 Å². The first-order valence-corrected chi connectivity index (χ1v) is 6.52. The Kier molecular flexibility index (Phi) is 3.09. The maximum Gasteiger partial charge on any atom is 0.134 e. The molecule has 0 bridgehead atoms. The van der Waals surface area contributed by atoms with Gasteiger partial charge in [0.2, 0.25) is 0 Å². The standard InChI is InChI=1S/C15H17N3O/c1-2-15-17-7-8-18(15)10-12-11-5-3-4-6-13(11)19-14(12)9-16/h3-8H,2,9-10,16H2,1H3. The topological polar surface area (TPSA) is 57.0 Å². The first-order valence-electron chi connectivity index (χ1n) is 6.52. The van der Waals surface area contributed by atoms with E-state index < -0.39 is 0 Å². The molecule has 0 unspecified atom stereocenters. The molecule has 0 radical (unpaired) electrons. The zero-order valence-corrected chi connectivity index (χ0v) is 11.0. The molecule has 2 heterocycles. The van der Waals surface area contributed by atoms with Crippen molar-refractivity contribution >= 4 is 11.0 Å². The molecule has 0 saturated carbocycles. The molecule has 19 heavy (non-hydrogen) atoms. The summed E-state index contributed by atoms with van der Waals surface area (Å²) in [5, 5.41) is 1.14. The second-order valence-electron chi connectivity index (χ2n) is 4.53. The minimum absolute atomic E-state index is 0.417. The molecule has 0 aliphatic carbocycles. The van der Waals surface area contributed by atoms with Crippen LogP contribution in [-0.2, 0) is 19.5 Å². The number of hydrogen-bond donors (Lipinski definition) is 1. The van der Waals surface area contributed by atoms with Gasteiger partial charge in [-0.15, -0.1) is 0 Å². The van der Waals surface area contributed by atoms with E-state index in [4.69, 9.17) is 10.2 Å². The van der Waals surface area contributed by atoms with E-state index >= 15 is 0 Å².